The van der Waals surface area contributed by atoms with Gasteiger partial charge in [-0.3, -0.25) is 4.79 Å². The molecule has 1 N–H and O–H groups in total. The molecule has 1 aliphatic heterocycles. The standard InChI is InChI=1S/C14H22N2O3/c1-4-7-15(3)14(19)16-8-5-6-12(10-16)11(2)9-13(17)18/h1,11-12H,5-10H2,2-3H3,(H,17,18). The molecule has 2 atom stereocenters. The zero-order valence-corrected chi connectivity index (χ0v) is 11.6. The maximum Gasteiger partial charge on any atom is 0.320 e. The summed E-state index contributed by atoms with van der Waals surface area (Å²) in [7, 11) is 1.69. The van der Waals surface area contributed by atoms with Crippen molar-refractivity contribution in [1.29, 1.82) is 0 Å². The van der Waals surface area contributed by atoms with Crippen LogP contribution in [0.5, 0.6) is 0 Å². The molecule has 0 aromatic rings. The van der Waals surface area contributed by atoms with Crippen molar-refractivity contribution in [2.45, 2.75) is 26.2 Å². The predicted octanol–water partition coefficient (Wildman–Crippen LogP) is 1.49. The van der Waals surface area contributed by atoms with E-state index in [9.17, 15) is 9.59 Å². The highest BCUT2D eigenvalue weighted by atomic mass is 16.4. The summed E-state index contributed by atoms with van der Waals surface area (Å²) in [5.41, 5.74) is 0. The Hall–Kier alpha value is -1.70. The van der Waals surface area contributed by atoms with Crippen molar-refractivity contribution in [1.82, 2.24) is 9.80 Å². The van der Waals surface area contributed by atoms with Gasteiger partial charge in [0.15, 0.2) is 0 Å². The van der Waals surface area contributed by atoms with Crippen molar-refractivity contribution in [3.05, 3.63) is 0 Å². The predicted molar refractivity (Wildman–Crippen MR) is 72.6 cm³/mol. The van der Waals surface area contributed by atoms with Crippen molar-refractivity contribution in [2.24, 2.45) is 11.8 Å². The van der Waals surface area contributed by atoms with Gasteiger partial charge in [-0.25, -0.2) is 4.79 Å². The molecule has 0 aromatic carbocycles. The summed E-state index contributed by atoms with van der Waals surface area (Å²) in [6.07, 6.45) is 7.26. The first-order chi connectivity index (χ1) is 8.95. The van der Waals surface area contributed by atoms with E-state index in [2.05, 4.69) is 5.92 Å². The number of piperidine rings is 1. The van der Waals surface area contributed by atoms with Crippen LogP contribution in [0.15, 0.2) is 0 Å². The molecule has 0 aliphatic carbocycles. The lowest BCUT2D eigenvalue weighted by molar-refractivity contribution is -0.138. The van der Waals surface area contributed by atoms with E-state index in [4.69, 9.17) is 11.5 Å². The molecular weight excluding hydrogens is 244 g/mol. The number of carboxylic acid groups (broad SMARTS) is 1. The van der Waals surface area contributed by atoms with Crippen LogP contribution in [0, 0.1) is 24.2 Å². The molecule has 5 nitrogen and oxygen atoms in total. The van der Waals surface area contributed by atoms with E-state index >= 15 is 0 Å². The quantitative estimate of drug-likeness (QED) is 0.784. The van der Waals surface area contributed by atoms with Crippen LogP contribution in [0.1, 0.15) is 26.2 Å². The SMILES string of the molecule is C#CCN(C)C(=O)N1CCCC(C(C)CC(=O)O)C1. The normalized spacial score (nSPS) is 20.5. The Kier molecular flexibility index (Phi) is 5.68. The zero-order chi connectivity index (χ0) is 14.4. The maximum atomic E-state index is 12.1. The molecule has 0 aromatic heterocycles. The lowest BCUT2D eigenvalue weighted by atomic mass is 9.85. The molecule has 5 heteroatoms. The van der Waals surface area contributed by atoms with Crippen molar-refractivity contribution in [3.8, 4) is 12.3 Å². The fourth-order valence-electron chi connectivity index (χ4n) is 2.54. The van der Waals surface area contributed by atoms with Gasteiger partial charge in [0.2, 0.25) is 0 Å². The van der Waals surface area contributed by atoms with Gasteiger partial charge in [0, 0.05) is 26.6 Å². The Labute approximate surface area is 114 Å². The number of hydrogen-bond acceptors (Lipinski definition) is 2. The van der Waals surface area contributed by atoms with Crippen LogP contribution in [0.2, 0.25) is 0 Å². The van der Waals surface area contributed by atoms with Crippen molar-refractivity contribution in [3.63, 3.8) is 0 Å². The molecule has 106 valence electrons. The number of nitrogens with zero attached hydrogens (tertiary/aromatic N) is 2. The molecule has 0 spiro atoms. The highest BCUT2D eigenvalue weighted by molar-refractivity contribution is 5.74. The van der Waals surface area contributed by atoms with E-state index in [0.29, 0.717) is 13.1 Å². The number of aliphatic carboxylic acids is 1. The van der Waals surface area contributed by atoms with Gasteiger partial charge in [0.25, 0.3) is 0 Å². The maximum absolute atomic E-state index is 12.1. The van der Waals surface area contributed by atoms with Gasteiger partial charge in [-0.1, -0.05) is 12.8 Å². The number of amides is 2. The first kappa shape index (κ1) is 15.4. The second-order valence-corrected chi connectivity index (χ2v) is 5.27. The Morgan fingerprint density at radius 2 is 2.26 bits per heavy atom. The first-order valence-electron chi connectivity index (χ1n) is 6.61. The molecule has 0 bridgehead atoms. The molecule has 1 fully saturated rings. The van der Waals surface area contributed by atoms with E-state index in [1.165, 1.54) is 4.90 Å². The lowest BCUT2D eigenvalue weighted by Crippen LogP contribution is -2.47. The van der Waals surface area contributed by atoms with Gasteiger partial charge in [-0.05, 0) is 24.7 Å². The van der Waals surface area contributed by atoms with Crippen molar-refractivity contribution < 1.29 is 14.7 Å². The van der Waals surface area contributed by atoms with Gasteiger partial charge < -0.3 is 14.9 Å². The Balaban J connectivity index is 2.57. The highest BCUT2D eigenvalue weighted by Crippen LogP contribution is 2.26. The molecule has 19 heavy (non-hydrogen) atoms. The average molecular weight is 266 g/mol. The highest BCUT2D eigenvalue weighted by Gasteiger charge is 2.29. The molecule has 1 saturated heterocycles. The minimum Gasteiger partial charge on any atom is -0.481 e. The minimum atomic E-state index is -0.777. The summed E-state index contributed by atoms with van der Waals surface area (Å²) in [6.45, 7) is 3.59. The van der Waals surface area contributed by atoms with Crippen LogP contribution < -0.4 is 0 Å². The smallest absolute Gasteiger partial charge is 0.320 e. The third-order valence-electron chi connectivity index (χ3n) is 3.68. The fraction of sp³-hybridized carbons (Fsp3) is 0.714. The van der Waals surface area contributed by atoms with Crippen LogP contribution in [-0.4, -0.2) is 53.6 Å². The van der Waals surface area contributed by atoms with E-state index < -0.39 is 5.97 Å². The topological polar surface area (TPSA) is 60.9 Å². The Bertz CT molecular complexity index is 375. The summed E-state index contributed by atoms with van der Waals surface area (Å²) in [5, 5.41) is 8.84. The molecule has 2 unspecified atom stereocenters. The van der Waals surface area contributed by atoms with Crippen LogP contribution in [0.4, 0.5) is 4.79 Å². The third-order valence-corrected chi connectivity index (χ3v) is 3.68. The van der Waals surface area contributed by atoms with Crippen LogP contribution in [0.3, 0.4) is 0 Å². The van der Waals surface area contributed by atoms with Gasteiger partial charge in [-0.15, -0.1) is 6.42 Å². The second kappa shape index (κ2) is 7.03. The Morgan fingerprint density at radius 1 is 1.58 bits per heavy atom. The average Bonchev–Trinajstić information content (AvgIpc) is 2.37. The number of carbonyl (C=O) groups is 2. The van der Waals surface area contributed by atoms with E-state index in [1.807, 2.05) is 6.92 Å². The number of hydrogen-bond donors (Lipinski definition) is 1. The minimum absolute atomic E-state index is 0.0647. The lowest BCUT2D eigenvalue weighted by Gasteiger charge is -2.37. The van der Waals surface area contributed by atoms with Crippen LogP contribution in [0.25, 0.3) is 0 Å². The molecule has 0 radical (unpaired) electrons. The number of urea groups is 1. The van der Waals surface area contributed by atoms with Gasteiger partial charge in [-0.2, -0.15) is 0 Å². The second-order valence-electron chi connectivity index (χ2n) is 5.27. The van der Waals surface area contributed by atoms with Gasteiger partial charge in [0.1, 0.15) is 0 Å². The molecule has 1 rings (SSSR count). The number of carbonyl (C=O) groups excluding carboxylic acids is 1. The monoisotopic (exact) mass is 266 g/mol. The zero-order valence-electron chi connectivity index (χ0n) is 11.6. The Morgan fingerprint density at radius 3 is 2.84 bits per heavy atom. The molecular formula is C14H22N2O3. The van der Waals surface area contributed by atoms with Crippen molar-refractivity contribution >= 4 is 12.0 Å². The summed E-state index contributed by atoms with van der Waals surface area (Å²) in [6, 6.07) is -0.0647. The summed E-state index contributed by atoms with van der Waals surface area (Å²) < 4.78 is 0. The van der Waals surface area contributed by atoms with Crippen LogP contribution in [-0.2, 0) is 4.79 Å². The molecule has 2 amide bonds. The van der Waals surface area contributed by atoms with Gasteiger partial charge >= 0.3 is 12.0 Å². The number of carboxylic acids is 1. The summed E-state index contributed by atoms with van der Waals surface area (Å²) in [5.74, 6) is 2.02. The molecule has 1 aliphatic rings. The van der Waals surface area contributed by atoms with Crippen LogP contribution >= 0.6 is 0 Å². The van der Waals surface area contributed by atoms with E-state index in [1.54, 1.807) is 11.9 Å². The fourth-order valence-corrected chi connectivity index (χ4v) is 2.54. The first-order valence-corrected chi connectivity index (χ1v) is 6.61. The molecule has 1 heterocycles. The van der Waals surface area contributed by atoms with Crippen molar-refractivity contribution in [2.75, 3.05) is 26.7 Å². The summed E-state index contributed by atoms with van der Waals surface area (Å²) in [4.78, 5) is 26.2. The largest absolute Gasteiger partial charge is 0.481 e. The molecule has 0 saturated carbocycles. The van der Waals surface area contributed by atoms with E-state index in [0.717, 1.165) is 19.4 Å². The number of likely N-dealkylation sites (tertiary alicyclic amines) is 1. The number of terminal acetylenes is 1. The van der Waals surface area contributed by atoms with Gasteiger partial charge in [0.05, 0.1) is 6.54 Å². The number of rotatable bonds is 4. The van der Waals surface area contributed by atoms with E-state index in [-0.39, 0.29) is 24.3 Å². The summed E-state index contributed by atoms with van der Waals surface area (Å²) >= 11 is 0. The third kappa shape index (κ3) is 4.47.